The number of aromatic nitrogens is 6. The average Bonchev–Trinajstić information content (AvgIpc) is 3.09. The number of hydrogen-bond acceptors (Lipinski definition) is 6. The van der Waals surface area contributed by atoms with E-state index in [2.05, 4.69) is 20.5 Å². The van der Waals surface area contributed by atoms with E-state index in [-0.39, 0.29) is 25.3 Å². The summed E-state index contributed by atoms with van der Waals surface area (Å²) < 4.78 is 1.61. The fourth-order valence-electron chi connectivity index (χ4n) is 1.06. The maximum absolute atomic E-state index is 8.62. The Balaban J connectivity index is 0.000000180. The van der Waals surface area contributed by atoms with E-state index in [0.29, 0.717) is 0 Å². The summed E-state index contributed by atoms with van der Waals surface area (Å²) in [7, 11) is 0. The van der Waals surface area contributed by atoms with Crippen molar-refractivity contribution in [1.82, 2.24) is 30.0 Å². The highest BCUT2D eigenvalue weighted by Gasteiger charge is 2.01. The second-order valence-corrected chi connectivity index (χ2v) is 3.80. The van der Waals surface area contributed by atoms with Crippen LogP contribution >= 0.6 is 0 Å². The van der Waals surface area contributed by atoms with Gasteiger partial charge in [-0.25, -0.2) is 4.68 Å². The van der Waals surface area contributed by atoms with Crippen LogP contribution in [0.5, 0.6) is 0 Å². The molecule has 0 spiro atoms. The molecule has 0 aliphatic heterocycles. The summed E-state index contributed by atoms with van der Waals surface area (Å²) in [6, 6.07) is 0.0208. The molecule has 2 N–H and O–H groups in total. The predicted octanol–water partition coefficient (Wildman–Crippen LogP) is -0.337. The van der Waals surface area contributed by atoms with Crippen LogP contribution in [0.1, 0.15) is 25.9 Å². The highest BCUT2D eigenvalue weighted by molar-refractivity contribution is 4.68. The summed E-state index contributed by atoms with van der Waals surface area (Å²) in [5, 5.41) is 32.2. The summed E-state index contributed by atoms with van der Waals surface area (Å²) >= 11 is 0. The van der Waals surface area contributed by atoms with Crippen LogP contribution in [0.15, 0.2) is 24.8 Å². The van der Waals surface area contributed by atoms with Crippen LogP contribution in [-0.4, -0.2) is 53.4 Å². The third kappa shape index (κ3) is 4.22. The van der Waals surface area contributed by atoms with Crippen molar-refractivity contribution in [2.24, 2.45) is 0 Å². The van der Waals surface area contributed by atoms with E-state index in [1.54, 1.807) is 29.5 Å². The Morgan fingerprint density at radius 3 is 2.06 bits per heavy atom. The van der Waals surface area contributed by atoms with Crippen LogP contribution in [0.4, 0.5) is 0 Å². The minimum atomic E-state index is -0.0139. The van der Waals surface area contributed by atoms with Crippen LogP contribution in [0.3, 0.4) is 0 Å². The summed E-state index contributed by atoms with van der Waals surface area (Å²) in [6.45, 7) is 3.90. The molecule has 2 heterocycles. The summed E-state index contributed by atoms with van der Waals surface area (Å²) in [4.78, 5) is 1.47. The molecule has 100 valence electrons. The zero-order valence-corrected chi connectivity index (χ0v) is 10.5. The molecule has 0 amide bonds. The largest absolute Gasteiger partial charge is 0.394 e. The van der Waals surface area contributed by atoms with Crippen molar-refractivity contribution in [2.45, 2.75) is 25.9 Å². The molecular formula is C10H18N6O2. The average molecular weight is 254 g/mol. The van der Waals surface area contributed by atoms with E-state index in [4.69, 9.17) is 10.2 Å². The highest BCUT2D eigenvalue weighted by Crippen LogP contribution is 1.98. The molecule has 18 heavy (non-hydrogen) atoms. The van der Waals surface area contributed by atoms with E-state index in [1.807, 2.05) is 13.8 Å². The van der Waals surface area contributed by atoms with Gasteiger partial charge in [-0.15, -0.1) is 5.10 Å². The maximum Gasteiger partial charge on any atom is 0.0918 e. The molecule has 2 aromatic heterocycles. The quantitative estimate of drug-likeness (QED) is 0.774. The lowest BCUT2D eigenvalue weighted by Gasteiger charge is -2.04. The Kier molecular flexibility index (Phi) is 5.95. The molecule has 2 atom stereocenters. The van der Waals surface area contributed by atoms with Crippen LogP contribution in [0.25, 0.3) is 0 Å². The van der Waals surface area contributed by atoms with Crippen molar-refractivity contribution < 1.29 is 10.2 Å². The zero-order valence-electron chi connectivity index (χ0n) is 10.5. The molecule has 2 rings (SSSR count). The Labute approximate surface area is 105 Å². The van der Waals surface area contributed by atoms with Gasteiger partial charge in [-0.3, -0.25) is 0 Å². The smallest absolute Gasteiger partial charge is 0.0918 e. The number of nitrogens with zero attached hydrogens (tertiary/aromatic N) is 6. The first-order valence-corrected chi connectivity index (χ1v) is 5.62. The van der Waals surface area contributed by atoms with Gasteiger partial charge in [-0.05, 0) is 13.8 Å². The summed E-state index contributed by atoms with van der Waals surface area (Å²) in [5.41, 5.74) is 0. The van der Waals surface area contributed by atoms with Gasteiger partial charge in [0.25, 0.3) is 0 Å². The first-order chi connectivity index (χ1) is 8.69. The molecule has 8 nitrogen and oxygen atoms in total. The molecule has 0 saturated carbocycles. The molecule has 0 aliphatic rings. The topological polar surface area (TPSA) is 102 Å². The monoisotopic (exact) mass is 254 g/mol. The summed E-state index contributed by atoms with van der Waals surface area (Å²) in [6.07, 6.45) is 6.49. The number of hydrogen-bond donors (Lipinski definition) is 2. The van der Waals surface area contributed by atoms with Crippen LogP contribution < -0.4 is 0 Å². The third-order valence-corrected chi connectivity index (χ3v) is 2.25. The van der Waals surface area contributed by atoms with Gasteiger partial charge in [-0.2, -0.15) is 15.0 Å². The highest BCUT2D eigenvalue weighted by atomic mass is 16.3. The van der Waals surface area contributed by atoms with Crippen molar-refractivity contribution in [1.29, 1.82) is 0 Å². The lowest BCUT2D eigenvalue weighted by Crippen LogP contribution is -2.11. The second kappa shape index (κ2) is 7.51. The van der Waals surface area contributed by atoms with Gasteiger partial charge in [0.2, 0.25) is 0 Å². The van der Waals surface area contributed by atoms with E-state index in [0.717, 1.165) is 0 Å². The van der Waals surface area contributed by atoms with E-state index >= 15 is 0 Å². The standard InChI is InChI=1S/2C5H9N3O/c1-5(4-9)8-3-2-6-7-8;1-5(4-9)8-6-2-3-7-8/h2*2-3,5,9H,4H2,1H3. The third-order valence-electron chi connectivity index (χ3n) is 2.25. The van der Waals surface area contributed by atoms with E-state index < -0.39 is 0 Å². The lowest BCUT2D eigenvalue weighted by molar-refractivity contribution is 0.218. The van der Waals surface area contributed by atoms with Crippen molar-refractivity contribution in [3.8, 4) is 0 Å². The van der Waals surface area contributed by atoms with Crippen molar-refractivity contribution >= 4 is 0 Å². The molecule has 0 fully saturated rings. The molecule has 2 unspecified atom stereocenters. The van der Waals surface area contributed by atoms with E-state index in [9.17, 15) is 0 Å². The van der Waals surface area contributed by atoms with Crippen molar-refractivity contribution in [2.75, 3.05) is 13.2 Å². The van der Waals surface area contributed by atoms with Gasteiger partial charge >= 0.3 is 0 Å². The van der Waals surface area contributed by atoms with Gasteiger partial charge in [0.15, 0.2) is 0 Å². The summed E-state index contributed by atoms with van der Waals surface area (Å²) in [5.74, 6) is 0. The molecule has 0 radical (unpaired) electrons. The maximum atomic E-state index is 8.62. The first kappa shape index (κ1) is 14.3. The van der Waals surface area contributed by atoms with Gasteiger partial charge in [0.05, 0.1) is 43.9 Å². The van der Waals surface area contributed by atoms with Crippen LogP contribution in [-0.2, 0) is 0 Å². The molecule has 0 aromatic carbocycles. The molecule has 2 aromatic rings. The molecule has 8 heteroatoms. The Bertz CT molecular complexity index is 362. The minimum Gasteiger partial charge on any atom is -0.394 e. The molecular weight excluding hydrogens is 236 g/mol. The van der Waals surface area contributed by atoms with E-state index in [1.165, 1.54) is 4.80 Å². The normalized spacial score (nSPS) is 13.6. The molecule has 0 saturated heterocycles. The van der Waals surface area contributed by atoms with Gasteiger partial charge < -0.3 is 10.2 Å². The predicted molar refractivity (Wildman–Crippen MR) is 63.6 cm³/mol. The van der Waals surface area contributed by atoms with Crippen molar-refractivity contribution in [3.63, 3.8) is 0 Å². The van der Waals surface area contributed by atoms with Crippen LogP contribution in [0.2, 0.25) is 0 Å². The minimum absolute atomic E-state index is 0.0139. The Morgan fingerprint density at radius 2 is 1.61 bits per heavy atom. The van der Waals surface area contributed by atoms with Crippen molar-refractivity contribution in [3.05, 3.63) is 24.8 Å². The van der Waals surface area contributed by atoms with Gasteiger partial charge in [0.1, 0.15) is 0 Å². The molecule has 0 aliphatic carbocycles. The first-order valence-electron chi connectivity index (χ1n) is 5.62. The van der Waals surface area contributed by atoms with Crippen LogP contribution in [0, 0.1) is 0 Å². The molecule has 0 bridgehead atoms. The number of rotatable bonds is 4. The second-order valence-electron chi connectivity index (χ2n) is 3.80. The zero-order chi connectivity index (χ0) is 13.4. The SMILES string of the molecule is CC(CO)n1ccnn1.CC(CO)n1nccn1. The fraction of sp³-hybridized carbons (Fsp3) is 0.600. The lowest BCUT2D eigenvalue weighted by atomic mass is 10.4. The Hall–Kier alpha value is -1.80. The van der Waals surface area contributed by atoms with Gasteiger partial charge in [0, 0.05) is 6.20 Å². The fourth-order valence-corrected chi connectivity index (χ4v) is 1.06. The number of aliphatic hydroxyl groups excluding tert-OH is 2. The number of aliphatic hydroxyl groups is 2. The van der Waals surface area contributed by atoms with Gasteiger partial charge in [-0.1, -0.05) is 5.21 Å². The Morgan fingerprint density at radius 1 is 1.00 bits per heavy atom.